The standard InChI is InChI=1S/C47H93N2O7P/c1-3-5-7-9-11-13-15-17-19-21-23-24-26-28-30-32-34-36-38-44(50)42-47(52)49-45(43-56-57(53,54)55-41-40-48)46(51)39-37-35-33-31-29-27-25-22-20-18-16-14-12-10-8-6-4-2/h23-24,37,39,44-46,50-51H,3-22,25-36,38,40-43,48H2,1-2H3,(H,49,52)(H,53,54)/b24-23-,39-37+. The number of phosphoric acid groups is 1. The molecule has 0 saturated heterocycles. The van der Waals surface area contributed by atoms with E-state index in [1.807, 2.05) is 6.08 Å². The van der Waals surface area contributed by atoms with Gasteiger partial charge < -0.3 is 26.2 Å². The molecule has 1 amide bonds. The average Bonchev–Trinajstić information content (AvgIpc) is 3.19. The summed E-state index contributed by atoms with van der Waals surface area (Å²) in [6.07, 6.45) is 46.9. The molecule has 57 heavy (non-hydrogen) atoms. The van der Waals surface area contributed by atoms with Gasteiger partial charge in [0.2, 0.25) is 5.91 Å². The number of carbonyl (C=O) groups is 1. The summed E-state index contributed by atoms with van der Waals surface area (Å²) >= 11 is 0. The molecule has 0 spiro atoms. The molecule has 0 saturated carbocycles. The highest BCUT2D eigenvalue weighted by Crippen LogP contribution is 2.43. The lowest BCUT2D eigenvalue weighted by Gasteiger charge is -2.24. The van der Waals surface area contributed by atoms with E-state index < -0.39 is 38.6 Å². The average molecular weight is 829 g/mol. The van der Waals surface area contributed by atoms with Crippen molar-refractivity contribution in [1.29, 1.82) is 0 Å². The van der Waals surface area contributed by atoms with E-state index >= 15 is 0 Å². The van der Waals surface area contributed by atoms with E-state index in [2.05, 4.69) is 31.3 Å². The first-order valence-corrected chi connectivity index (χ1v) is 25.5. The fraction of sp³-hybridized carbons (Fsp3) is 0.894. The van der Waals surface area contributed by atoms with E-state index in [-0.39, 0.29) is 19.6 Å². The summed E-state index contributed by atoms with van der Waals surface area (Å²) in [5.74, 6) is -0.448. The predicted octanol–water partition coefficient (Wildman–Crippen LogP) is 12.7. The van der Waals surface area contributed by atoms with E-state index in [0.29, 0.717) is 6.42 Å². The lowest BCUT2D eigenvalue weighted by Crippen LogP contribution is -2.46. The molecule has 0 bridgehead atoms. The number of nitrogens with two attached hydrogens (primary N) is 1. The number of unbranched alkanes of at least 4 members (excludes halogenated alkanes) is 29. The molecule has 338 valence electrons. The Morgan fingerprint density at radius 3 is 1.40 bits per heavy atom. The van der Waals surface area contributed by atoms with Gasteiger partial charge in [-0.25, -0.2) is 4.57 Å². The van der Waals surface area contributed by atoms with Crippen LogP contribution >= 0.6 is 7.82 Å². The largest absolute Gasteiger partial charge is 0.472 e. The Bertz CT molecular complexity index is 966. The van der Waals surface area contributed by atoms with Crippen molar-refractivity contribution < 1.29 is 33.5 Å². The second-order valence-electron chi connectivity index (χ2n) is 16.5. The predicted molar refractivity (Wildman–Crippen MR) is 241 cm³/mol. The SMILES string of the molecule is CCCCCCCCCCC/C=C\CCCCCCCC(O)CC(=O)NC(COP(=O)(O)OCCN)C(O)/C=C/CCCCCCCCCCCCCCCCC. The van der Waals surface area contributed by atoms with Gasteiger partial charge in [0.05, 0.1) is 37.9 Å². The van der Waals surface area contributed by atoms with Crippen molar-refractivity contribution in [2.75, 3.05) is 19.8 Å². The molecule has 0 aliphatic heterocycles. The third-order valence-corrected chi connectivity index (χ3v) is 11.8. The van der Waals surface area contributed by atoms with Gasteiger partial charge in [-0.05, 0) is 44.9 Å². The highest BCUT2D eigenvalue weighted by Gasteiger charge is 2.27. The molecule has 0 rings (SSSR count). The fourth-order valence-corrected chi connectivity index (χ4v) is 7.93. The zero-order valence-corrected chi connectivity index (χ0v) is 38.1. The number of aliphatic hydroxyl groups excluding tert-OH is 2. The number of phosphoric ester groups is 1. The van der Waals surface area contributed by atoms with Crippen molar-refractivity contribution in [3.63, 3.8) is 0 Å². The van der Waals surface area contributed by atoms with Crippen LogP contribution < -0.4 is 11.1 Å². The molecule has 10 heteroatoms. The van der Waals surface area contributed by atoms with Gasteiger partial charge in [0.15, 0.2) is 0 Å². The van der Waals surface area contributed by atoms with Crippen LogP contribution in [0.15, 0.2) is 24.3 Å². The van der Waals surface area contributed by atoms with Crippen LogP contribution in [0.1, 0.15) is 232 Å². The number of aliphatic hydroxyl groups is 2. The third-order valence-electron chi connectivity index (χ3n) is 10.8. The van der Waals surface area contributed by atoms with Crippen molar-refractivity contribution in [3.8, 4) is 0 Å². The number of hydrogen-bond acceptors (Lipinski definition) is 7. The minimum absolute atomic E-state index is 0.0491. The normalized spacial score (nSPS) is 14.7. The van der Waals surface area contributed by atoms with Crippen LogP contribution in [0, 0.1) is 0 Å². The Morgan fingerprint density at radius 1 is 0.596 bits per heavy atom. The number of carbonyl (C=O) groups excluding carboxylic acids is 1. The summed E-state index contributed by atoms with van der Waals surface area (Å²) in [6, 6.07) is -0.983. The monoisotopic (exact) mass is 829 g/mol. The van der Waals surface area contributed by atoms with Gasteiger partial charge in [0, 0.05) is 6.54 Å². The van der Waals surface area contributed by atoms with Crippen LogP contribution in [0.25, 0.3) is 0 Å². The van der Waals surface area contributed by atoms with E-state index in [0.717, 1.165) is 51.4 Å². The molecule has 0 heterocycles. The van der Waals surface area contributed by atoms with Crippen molar-refractivity contribution in [3.05, 3.63) is 24.3 Å². The molecule has 0 aromatic heterocycles. The summed E-state index contributed by atoms with van der Waals surface area (Å²) in [7, 11) is -4.40. The summed E-state index contributed by atoms with van der Waals surface area (Å²) in [5.41, 5.74) is 5.37. The highest BCUT2D eigenvalue weighted by molar-refractivity contribution is 7.47. The fourth-order valence-electron chi connectivity index (χ4n) is 7.17. The molecule has 0 radical (unpaired) electrons. The Morgan fingerprint density at radius 2 is 0.982 bits per heavy atom. The van der Waals surface area contributed by atoms with Gasteiger partial charge in [-0.15, -0.1) is 0 Å². The smallest absolute Gasteiger partial charge is 0.393 e. The van der Waals surface area contributed by atoms with Crippen LogP contribution in [0.2, 0.25) is 0 Å². The zero-order valence-electron chi connectivity index (χ0n) is 37.2. The maximum atomic E-state index is 12.8. The second kappa shape index (κ2) is 43.0. The number of nitrogens with one attached hydrogen (secondary N) is 1. The molecule has 4 unspecified atom stereocenters. The first kappa shape index (κ1) is 55.9. The number of allylic oxidation sites excluding steroid dienone is 3. The lowest BCUT2D eigenvalue weighted by atomic mass is 10.0. The molecule has 0 fully saturated rings. The molecule has 0 aromatic carbocycles. The molecule has 6 N–H and O–H groups in total. The Labute approximate surface area is 351 Å². The Kier molecular flexibility index (Phi) is 42.2. The van der Waals surface area contributed by atoms with Crippen LogP contribution in [0.3, 0.4) is 0 Å². The second-order valence-corrected chi connectivity index (χ2v) is 18.0. The van der Waals surface area contributed by atoms with Crippen LogP contribution in [-0.2, 0) is 18.4 Å². The van der Waals surface area contributed by atoms with Crippen molar-refractivity contribution in [2.24, 2.45) is 5.73 Å². The van der Waals surface area contributed by atoms with Crippen LogP contribution in [0.4, 0.5) is 0 Å². The molecular formula is C47H93N2O7P. The Hall–Kier alpha value is -1.06. The van der Waals surface area contributed by atoms with Gasteiger partial charge in [0.25, 0.3) is 0 Å². The summed E-state index contributed by atoms with van der Waals surface area (Å²) in [5, 5.41) is 24.1. The van der Waals surface area contributed by atoms with Crippen molar-refractivity contribution in [2.45, 2.75) is 250 Å². The summed E-state index contributed by atoms with van der Waals surface area (Å²) in [6.45, 7) is 3.99. The summed E-state index contributed by atoms with van der Waals surface area (Å²) < 4.78 is 22.1. The van der Waals surface area contributed by atoms with Gasteiger partial charge in [-0.1, -0.05) is 205 Å². The van der Waals surface area contributed by atoms with Gasteiger partial charge in [-0.2, -0.15) is 0 Å². The van der Waals surface area contributed by atoms with E-state index in [4.69, 9.17) is 14.8 Å². The maximum Gasteiger partial charge on any atom is 0.472 e. The van der Waals surface area contributed by atoms with E-state index in [1.54, 1.807) is 6.08 Å². The van der Waals surface area contributed by atoms with Crippen molar-refractivity contribution >= 4 is 13.7 Å². The van der Waals surface area contributed by atoms with Gasteiger partial charge >= 0.3 is 7.82 Å². The molecule has 9 nitrogen and oxygen atoms in total. The molecule has 0 aliphatic carbocycles. The zero-order chi connectivity index (χ0) is 41.9. The molecule has 0 aromatic rings. The lowest BCUT2D eigenvalue weighted by molar-refractivity contribution is -0.124. The quantitative estimate of drug-likeness (QED) is 0.0231. The minimum Gasteiger partial charge on any atom is -0.393 e. The van der Waals surface area contributed by atoms with Crippen molar-refractivity contribution in [1.82, 2.24) is 5.32 Å². The van der Waals surface area contributed by atoms with Crippen LogP contribution in [0.5, 0.6) is 0 Å². The number of amides is 1. The highest BCUT2D eigenvalue weighted by atomic mass is 31.2. The first-order chi connectivity index (χ1) is 27.8. The summed E-state index contributed by atoms with van der Waals surface area (Å²) in [4.78, 5) is 22.8. The number of rotatable bonds is 45. The molecule has 0 aliphatic rings. The van der Waals surface area contributed by atoms with E-state index in [9.17, 15) is 24.5 Å². The van der Waals surface area contributed by atoms with Crippen LogP contribution in [-0.4, -0.2) is 59.0 Å². The first-order valence-electron chi connectivity index (χ1n) is 24.0. The number of hydrogen-bond donors (Lipinski definition) is 5. The minimum atomic E-state index is -4.40. The molecule has 4 atom stereocenters. The Balaban J connectivity index is 4.26. The van der Waals surface area contributed by atoms with Gasteiger partial charge in [0.1, 0.15) is 0 Å². The maximum absolute atomic E-state index is 12.8. The third kappa shape index (κ3) is 41.5. The molecular weight excluding hydrogens is 735 g/mol. The van der Waals surface area contributed by atoms with E-state index in [1.165, 1.54) is 154 Å². The van der Waals surface area contributed by atoms with Gasteiger partial charge in [-0.3, -0.25) is 13.8 Å². The topological polar surface area (TPSA) is 151 Å².